The summed E-state index contributed by atoms with van der Waals surface area (Å²) >= 11 is 0. The number of carbonyl (C=O) groups is 4. The second-order valence-electron chi connectivity index (χ2n) is 7.00. The van der Waals surface area contributed by atoms with Crippen molar-refractivity contribution < 1.29 is 47.8 Å². The highest BCUT2D eigenvalue weighted by Gasteiger charge is 2.52. The van der Waals surface area contributed by atoms with E-state index in [9.17, 15) is 29.3 Å². The van der Waals surface area contributed by atoms with Gasteiger partial charge in [-0.2, -0.15) is 0 Å². The molecule has 5 atom stereocenters. The van der Waals surface area contributed by atoms with E-state index in [-0.39, 0.29) is 12.3 Å². The SMILES string of the molecule is CC(=O)OC[C@H]1O[C@@H](SSc2ccc([N+](=O)[O-])cc2)[C@H](OC(C)=O)[C@@H](OC(C)=O)[C@H]1OC(C)=O. The number of rotatable bonds is 9. The fraction of sp³-hybridized carbons (Fsp3) is 0.500. The van der Waals surface area contributed by atoms with Gasteiger partial charge in [0.2, 0.25) is 0 Å². The molecule has 1 fully saturated rings. The first kappa shape index (κ1) is 27.4. The highest BCUT2D eigenvalue weighted by atomic mass is 33.1. The first-order valence-electron chi connectivity index (χ1n) is 9.86. The average Bonchev–Trinajstić information content (AvgIpc) is 2.73. The van der Waals surface area contributed by atoms with Crippen LogP contribution in [0.5, 0.6) is 0 Å². The normalized spacial score (nSPS) is 23.9. The van der Waals surface area contributed by atoms with Crippen LogP contribution >= 0.6 is 21.6 Å². The van der Waals surface area contributed by atoms with Crippen LogP contribution in [-0.2, 0) is 42.9 Å². The first-order chi connectivity index (χ1) is 16.0. The van der Waals surface area contributed by atoms with E-state index in [1.807, 2.05) is 0 Å². The Hall–Kier alpha value is -2.84. The van der Waals surface area contributed by atoms with E-state index in [4.69, 9.17) is 23.7 Å². The highest BCUT2D eigenvalue weighted by molar-refractivity contribution is 8.76. The zero-order chi connectivity index (χ0) is 25.4. The third kappa shape index (κ3) is 8.18. The molecule has 12 nitrogen and oxygen atoms in total. The van der Waals surface area contributed by atoms with Crippen LogP contribution in [0.4, 0.5) is 5.69 Å². The first-order valence-corrected chi connectivity index (χ1v) is 12.1. The predicted molar refractivity (Wildman–Crippen MR) is 119 cm³/mol. The fourth-order valence-corrected chi connectivity index (χ4v) is 5.37. The average molecular weight is 518 g/mol. The summed E-state index contributed by atoms with van der Waals surface area (Å²) in [5, 5.41) is 10.9. The van der Waals surface area contributed by atoms with Gasteiger partial charge in [0.25, 0.3) is 5.69 Å². The number of esters is 4. The maximum absolute atomic E-state index is 11.8. The summed E-state index contributed by atoms with van der Waals surface area (Å²) in [6.45, 7) is 4.30. The summed E-state index contributed by atoms with van der Waals surface area (Å²) in [6, 6.07) is 5.72. The van der Waals surface area contributed by atoms with Crippen LogP contribution in [0.25, 0.3) is 0 Å². The predicted octanol–water partition coefficient (Wildman–Crippen LogP) is 2.42. The van der Waals surface area contributed by atoms with Gasteiger partial charge in [0, 0.05) is 44.7 Å². The summed E-state index contributed by atoms with van der Waals surface area (Å²) in [5.74, 6) is -2.75. The van der Waals surface area contributed by atoms with Gasteiger partial charge in [0.1, 0.15) is 12.7 Å². The van der Waals surface area contributed by atoms with Crippen molar-refractivity contribution in [2.45, 2.75) is 62.4 Å². The number of benzene rings is 1. The van der Waals surface area contributed by atoms with Crippen LogP contribution in [0.15, 0.2) is 29.2 Å². The molecule has 1 heterocycles. The molecule has 0 aromatic heterocycles. The van der Waals surface area contributed by atoms with Crippen molar-refractivity contribution >= 4 is 51.2 Å². The number of hydrogen-bond acceptors (Lipinski definition) is 13. The van der Waals surface area contributed by atoms with Crippen LogP contribution in [0.1, 0.15) is 27.7 Å². The topological polar surface area (TPSA) is 158 Å². The Kier molecular flexibility index (Phi) is 10.1. The molecule has 34 heavy (non-hydrogen) atoms. The standard InChI is InChI=1S/C20H23NO11S2/c1-10(22)28-9-16-17(29-11(2)23)18(30-12(3)24)19(31-13(4)25)20(32-16)34-33-15-7-5-14(6-8-15)21(26)27/h5-8,16-20H,9H2,1-4H3/t16-,17+,18+,19-,20+/m1/s1. The number of carbonyl (C=O) groups excluding carboxylic acids is 4. The van der Waals surface area contributed by atoms with Gasteiger partial charge in [0.05, 0.1) is 4.92 Å². The van der Waals surface area contributed by atoms with Crippen LogP contribution in [0, 0.1) is 10.1 Å². The molecule has 0 saturated carbocycles. The van der Waals surface area contributed by atoms with Crippen molar-refractivity contribution in [3.05, 3.63) is 34.4 Å². The molecule has 0 radical (unpaired) electrons. The number of ether oxygens (including phenoxy) is 5. The zero-order valence-electron chi connectivity index (χ0n) is 18.7. The molecular weight excluding hydrogens is 494 g/mol. The Labute approximate surface area is 202 Å². The Balaban J connectivity index is 2.34. The zero-order valence-corrected chi connectivity index (χ0v) is 20.3. The van der Waals surface area contributed by atoms with Gasteiger partial charge in [-0.25, -0.2) is 0 Å². The number of hydrogen-bond donors (Lipinski definition) is 0. The van der Waals surface area contributed by atoms with Crippen molar-refractivity contribution in [2.24, 2.45) is 0 Å². The second kappa shape index (κ2) is 12.6. The van der Waals surface area contributed by atoms with Crippen LogP contribution in [0.3, 0.4) is 0 Å². The largest absolute Gasteiger partial charge is 0.463 e. The lowest BCUT2D eigenvalue weighted by atomic mass is 9.99. The van der Waals surface area contributed by atoms with E-state index >= 15 is 0 Å². The molecule has 1 saturated heterocycles. The summed E-state index contributed by atoms with van der Waals surface area (Å²) in [6.07, 6.45) is -4.71. The molecule has 14 heteroatoms. The van der Waals surface area contributed by atoms with Crippen molar-refractivity contribution in [1.82, 2.24) is 0 Å². The molecule has 186 valence electrons. The third-order valence-corrected chi connectivity index (χ3v) is 6.80. The van der Waals surface area contributed by atoms with Gasteiger partial charge in [-0.3, -0.25) is 29.3 Å². The van der Waals surface area contributed by atoms with Crippen LogP contribution < -0.4 is 0 Å². The molecule has 1 aromatic carbocycles. The molecule has 1 aliphatic heterocycles. The number of nitro benzene ring substituents is 1. The van der Waals surface area contributed by atoms with E-state index < -0.39 is 58.7 Å². The monoisotopic (exact) mass is 517 g/mol. The van der Waals surface area contributed by atoms with Gasteiger partial charge in [0.15, 0.2) is 23.7 Å². The molecule has 2 rings (SSSR count). The minimum atomic E-state index is -1.26. The fourth-order valence-electron chi connectivity index (χ4n) is 2.99. The quantitative estimate of drug-likeness (QED) is 0.155. The molecule has 0 spiro atoms. The molecule has 0 bridgehead atoms. The lowest BCUT2D eigenvalue weighted by Gasteiger charge is -2.43. The van der Waals surface area contributed by atoms with E-state index in [1.54, 1.807) is 0 Å². The van der Waals surface area contributed by atoms with E-state index in [0.717, 1.165) is 42.4 Å². The van der Waals surface area contributed by atoms with E-state index in [2.05, 4.69) is 0 Å². The van der Waals surface area contributed by atoms with Crippen molar-refractivity contribution in [3.8, 4) is 0 Å². The van der Waals surface area contributed by atoms with Crippen LogP contribution in [0.2, 0.25) is 0 Å². The summed E-state index contributed by atoms with van der Waals surface area (Å²) < 4.78 is 27.0. The smallest absolute Gasteiger partial charge is 0.303 e. The van der Waals surface area contributed by atoms with Gasteiger partial charge >= 0.3 is 23.9 Å². The highest BCUT2D eigenvalue weighted by Crippen LogP contribution is 2.42. The minimum absolute atomic E-state index is 0.0818. The van der Waals surface area contributed by atoms with Gasteiger partial charge < -0.3 is 23.7 Å². The Morgan fingerprint density at radius 1 is 0.882 bits per heavy atom. The van der Waals surface area contributed by atoms with E-state index in [0.29, 0.717) is 4.90 Å². The Morgan fingerprint density at radius 3 is 1.91 bits per heavy atom. The molecule has 0 unspecified atom stereocenters. The third-order valence-electron chi connectivity index (χ3n) is 4.23. The van der Waals surface area contributed by atoms with Crippen molar-refractivity contribution in [3.63, 3.8) is 0 Å². The molecule has 0 amide bonds. The maximum atomic E-state index is 11.8. The molecule has 0 aliphatic carbocycles. The summed E-state index contributed by atoms with van der Waals surface area (Å²) in [5.41, 5.74) is -1.04. The number of nitro groups is 1. The summed E-state index contributed by atoms with van der Waals surface area (Å²) in [7, 11) is 2.24. The number of nitrogens with zero attached hydrogens (tertiary/aromatic N) is 1. The van der Waals surface area contributed by atoms with Crippen molar-refractivity contribution in [2.75, 3.05) is 6.61 Å². The van der Waals surface area contributed by atoms with Gasteiger partial charge in [-0.15, -0.1) is 0 Å². The summed E-state index contributed by atoms with van der Waals surface area (Å²) in [4.78, 5) is 57.7. The van der Waals surface area contributed by atoms with Gasteiger partial charge in [-0.1, -0.05) is 21.6 Å². The lowest BCUT2D eigenvalue weighted by Crippen LogP contribution is -2.61. The van der Waals surface area contributed by atoms with Crippen molar-refractivity contribution in [1.29, 1.82) is 0 Å². The van der Waals surface area contributed by atoms with Gasteiger partial charge in [-0.05, 0) is 12.1 Å². The Morgan fingerprint density at radius 2 is 1.41 bits per heavy atom. The minimum Gasteiger partial charge on any atom is -0.463 e. The maximum Gasteiger partial charge on any atom is 0.303 e. The molecule has 1 aromatic rings. The lowest BCUT2D eigenvalue weighted by molar-refractivity contribution is -0.384. The Bertz CT molecular complexity index is 924. The second-order valence-corrected chi connectivity index (χ2v) is 9.37. The molecular formula is C20H23NO11S2. The molecule has 0 N–H and O–H groups in total. The van der Waals surface area contributed by atoms with Crippen LogP contribution in [-0.4, -0.2) is 65.3 Å². The number of non-ortho nitro benzene ring substituents is 1. The molecule has 1 aliphatic rings. The van der Waals surface area contributed by atoms with E-state index in [1.165, 1.54) is 31.2 Å².